The first-order valence-corrected chi connectivity index (χ1v) is 9.63. The molecule has 0 aromatic carbocycles. The third-order valence-corrected chi connectivity index (χ3v) is 5.29. The molecule has 1 fully saturated rings. The Hall–Kier alpha value is -1.66. The van der Waals surface area contributed by atoms with Crippen LogP contribution < -0.4 is 5.32 Å². The molecule has 1 N–H and O–H groups in total. The smallest absolute Gasteiger partial charge is 0.287 e. The monoisotopic (exact) mass is 347 g/mol. The zero-order valence-corrected chi connectivity index (χ0v) is 15.2. The Morgan fingerprint density at radius 1 is 1.33 bits per heavy atom. The van der Waals surface area contributed by atoms with Crippen LogP contribution in [0.15, 0.2) is 15.9 Å². The SMILES string of the molecule is CCc1csc(CNC(=O)c2cc(CN3CCCC3)c(CC)o2)n1. The van der Waals surface area contributed by atoms with Crippen LogP contribution in [0.25, 0.3) is 0 Å². The van der Waals surface area contributed by atoms with Gasteiger partial charge in [-0.15, -0.1) is 11.3 Å². The van der Waals surface area contributed by atoms with Gasteiger partial charge in [0.1, 0.15) is 10.8 Å². The fourth-order valence-corrected chi connectivity index (χ4v) is 3.85. The van der Waals surface area contributed by atoms with Crippen LogP contribution in [0.3, 0.4) is 0 Å². The van der Waals surface area contributed by atoms with E-state index in [2.05, 4.69) is 29.0 Å². The van der Waals surface area contributed by atoms with Crippen molar-refractivity contribution in [2.45, 2.75) is 52.6 Å². The van der Waals surface area contributed by atoms with E-state index in [4.69, 9.17) is 4.42 Å². The van der Waals surface area contributed by atoms with Crippen LogP contribution >= 0.6 is 11.3 Å². The van der Waals surface area contributed by atoms with E-state index in [0.29, 0.717) is 12.3 Å². The molecule has 1 aliphatic rings. The average molecular weight is 347 g/mol. The van der Waals surface area contributed by atoms with Gasteiger partial charge in [-0.1, -0.05) is 13.8 Å². The molecule has 3 rings (SSSR count). The molecule has 2 aromatic rings. The maximum absolute atomic E-state index is 12.4. The normalized spacial score (nSPS) is 15.1. The topological polar surface area (TPSA) is 58.4 Å². The van der Waals surface area contributed by atoms with Crippen LogP contribution in [-0.2, 0) is 25.9 Å². The molecule has 0 spiro atoms. The van der Waals surface area contributed by atoms with Gasteiger partial charge in [-0.05, 0) is 38.4 Å². The first-order chi connectivity index (χ1) is 11.7. The number of likely N-dealkylation sites (tertiary alicyclic amines) is 1. The predicted molar refractivity (Wildman–Crippen MR) is 95.3 cm³/mol. The van der Waals surface area contributed by atoms with E-state index < -0.39 is 0 Å². The number of furan rings is 1. The van der Waals surface area contributed by atoms with E-state index in [0.717, 1.165) is 54.5 Å². The van der Waals surface area contributed by atoms with Gasteiger partial charge in [0.25, 0.3) is 5.91 Å². The molecule has 0 saturated carbocycles. The van der Waals surface area contributed by atoms with E-state index in [9.17, 15) is 4.79 Å². The molecule has 0 bridgehead atoms. The summed E-state index contributed by atoms with van der Waals surface area (Å²) in [5, 5.41) is 5.88. The van der Waals surface area contributed by atoms with Crippen molar-refractivity contribution in [3.63, 3.8) is 0 Å². The van der Waals surface area contributed by atoms with Crippen molar-refractivity contribution in [2.75, 3.05) is 13.1 Å². The minimum Gasteiger partial charge on any atom is -0.456 e. The number of nitrogens with zero attached hydrogens (tertiary/aromatic N) is 2. The van der Waals surface area contributed by atoms with Crippen LogP contribution in [0.1, 0.15) is 59.3 Å². The Kier molecular flexibility index (Phi) is 5.68. The number of hydrogen-bond acceptors (Lipinski definition) is 5. The third kappa shape index (κ3) is 4.05. The Labute approximate surface area is 147 Å². The van der Waals surface area contributed by atoms with Gasteiger partial charge in [-0.2, -0.15) is 0 Å². The first kappa shape index (κ1) is 17.2. The zero-order chi connectivity index (χ0) is 16.9. The molecule has 24 heavy (non-hydrogen) atoms. The maximum atomic E-state index is 12.4. The van der Waals surface area contributed by atoms with Gasteiger partial charge < -0.3 is 9.73 Å². The molecule has 0 radical (unpaired) electrons. The van der Waals surface area contributed by atoms with Gasteiger partial charge in [-0.3, -0.25) is 9.69 Å². The number of rotatable bonds is 7. The number of aromatic nitrogens is 1. The van der Waals surface area contributed by atoms with Crippen LogP contribution in [-0.4, -0.2) is 28.9 Å². The number of amides is 1. The van der Waals surface area contributed by atoms with E-state index in [-0.39, 0.29) is 5.91 Å². The highest BCUT2D eigenvalue weighted by Crippen LogP contribution is 2.21. The number of aryl methyl sites for hydroxylation is 2. The molecule has 6 heteroatoms. The number of thiazole rings is 1. The van der Waals surface area contributed by atoms with Crippen molar-refractivity contribution < 1.29 is 9.21 Å². The summed E-state index contributed by atoms with van der Waals surface area (Å²) >= 11 is 1.58. The van der Waals surface area contributed by atoms with Crippen molar-refractivity contribution >= 4 is 17.2 Å². The molecule has 1 amide bonds. The summed E-state index contributed by atoms with van der Waals surface area (Å²) in [7, 11) is 0. The minimum absolute atomic E-state index is 0.161. The van der Waals surface area contributed by atoms with E-state index in [1.807, 2.05) is 11.4 Å². The molecule has 0 aliphatic carbocycles. The van der Waals surface area contributed by atoms with Crippen molar-refractivity contribution in [1.29, 1.82) is 0 Å². The summed E-state index contributed by atoms with van der Waals surface area (Å²) < 4.78 is 5.80. The molecule has 0 unspecified atom stereocenters. The fourth-order valence-electron chi connectivity index (χ4n) is 3.03. The lowest BCUT2D eigenvalue weighted by molar-refractivity contribution is 0.0921. The quantitative estimate of drug-likeness (QED) is 0.834. The molecule has 2 aromatic heterocycles. The Bertz CT molecular complexity index is 686. The van der Waals surface area contributed by atoms with E-state index >= 15 is 0 Å². The van der Waals surface area contributed by atoms with Gasteiger partial charge in [0, 0.05) is 23.9 Å². The summed E-state index contributed by atoms with van der Waals surface area (Å²) in [6.07, 6.45) is 4.26. The zero-order valence-electron chi connectivity index (χ0n) is 14.4. The fraction of sp³-hybridized carbons (Fsp3) is 0.556. The lowest BCUT2D eigenvalue weighted by Gasteiger charge is -2.13. The Morgan fingerprint density at radius 2 is 2.12 bits per heavy atom. The van der Waals surface area contributed by atoms with Crippen molar-refractivity contribution in [1.82, 2.24) is 15.2 Å². The summed E-state index contributed by atoms with van der Waals surface area (Å²) in [4.78, 5) is 19.3. The standard InChI is InChI=1S/C18H25N3O2S/c1-3-14-12-24-17(20-14)10-19-18(22)16-9-13(15(4-2)23-16)11-21-7-5-6-8-21/h9,12H,3-8,10-11H2,1-2H3,(H,19,22). The summed E-state index contributed by atoms with van der Waals surface area (Å²) in [5.74, 6) is 1.17. The second-order valence-electron chi connectivity index (χ2n) is 6.16. The largest absolute Gasteiger partial charge is 0.456 e. The number of hydrogen-bond donors (Lipinski definition) is 1. The van der Waals surface area contributed by atoms with E-state index in [1.165, 1.54) is 12.8 Å². The molecule has 130 valence electrons. The van der Waals surface area contributed by atoms with Gasteiger partial charge in [0.05, 0.1) is 12.2 Å². The van der Waals surface area contributed by atoms with Gasteiger partial charge >= 0.3 is 0 Å². The summed E-state index contributed by atoms with van der Waals surface area (Å²) in [6, 6.07) is 1.91. The van der Waals surface area contributed by atoms with Gasteiger partial charge in [-0.25, -0.2) is 4.98 Å². The summed E-state index contributed by atoms with van der Waals surface area (Å²) in [5.41, 5.74) is 2.22. The van der Waals surface area contributed by atoms with Gasteiger partial charge in [0.15, 0.2) is 5.76 Å². The molecule has 3 heterocycles. The molecule has 1 saturated heterocycles. The maximum Gasteiger partial charge on any atom is 0.287 e. The highest BCUT2D eigenvalue weighted by Gasteiger charge is 2.19. The Balaban J connectivity index is 1.62. The number of carbonyl (C=O) groups is 1. The molecule has 0 atom stereocenters. The lowest BCUT2D eigenvalue weighted by Crippen LogP contribution is -2.22. The van der Waals surface area contributed by atoms with Gasteiger partial charge in [0.2, 0.25) is 0 Å². The second kappa shape index (κ2) is 7.94. The van der Waals surface area contributed by atoms with Crippen LogP contribution in [0.4, 0.5) is 0 Å². The van der Waals surface area contributed by atoms with Crippen LogP contribution in [0.5, 0.6) is 0 Å². The third-order valence-electron chi connectivity index (χ3n) is 4.40. The van der Waals surface area contributed by atoms with Crippen LogP contribution in [0.2, 0.25) is 0 Å². The highest BCUT2D eigenvalue weighted by molar-refractivity contribution is 7.09. The van der Waals surface area contributed by atoms with Crippen molar-refractivity contribution in [3.8, 4) is 0 Å². The van der Waals surface area contributed by atoms with E-state index in [1.54, 1.807) is 11.3 Å². The second-order valence-corrected chi connectivity index (χ2v) is 7.11. The average Bonchev–Trinajstić information content (AvgIpc) is 3.33. The molecular formula is C18H25N3O2S. The summed E-state index contributed by atoms with van der Waals surface area (Å²) in [6.45, 7) is 7.75. The van der Waals surface area contributed by atoms with Crippen molar-refractivity contribution in [3.05, 3.63) is 39.2 Å². The predicted octanol–water partition coefficient (Wildman–Crippen LogP) is 3.39. The molecule has 1 aliphatic heterocycles. The minimum atomic E-state index is -0.161. The number of carbonyl (C=O) groups excluding carboxylic acids is 1. The van der Waals surface area contributed by atoms with Crippen LogP contribution in [0, 0.1) is 0 Å². The molecule has 5 nitrogen and oxygen atoms in total. The lowest BCUT2D eigenvalue weighted by atomic mass is 10.2. The number of nitrogens with one attached hydrogen (secondary N) is 1. The Morgan fingerprint density at radius 3 is 2.79 bits per heavy atom. The van der Waals surface area contributed by atoms with Crippen molar-refractivity contribution in [2.24, 2.45) is 0 Å². The molecular weight excluding hydrogens is 322 g/mol. The first-order valence-electron chi connectivity index (χ1n) is 8.75. The highest BCUT2D eigenvalue weighted by atomic mass is 32.1.